The van der Waals surface area contributed by atoms with Crippen LogP contribution in [0.2, 0.25) is 0 Å². The fourth-order valence-corrected chi connectivity index (χ4v) is 1.95. The zero-order valence-corrected chi connectivity index (χ0v) is 10.0. The summed E-state index contributed by atoms with van der Waals surface area (Å²) in [5.41, 5.74) is 1.61. The highest BCUT2D eigenvalue weighted by Gasteiger charge is 2.14. The van der Waals surface area contributed by atoms with Gasteiger partial charge in [-0.05, 0) is 28.1 Å². The second-order valence-electron chi connectivity index (χ2n) is 2.05. The number of allylic oxidation sites excluding steroid dienone is 5. The Hall–Kier alpha value is 0.160. The highest BCUT2D eigenvalue weighted by atomic mass is 79.9. The lowest BCUT2D eigenvalue weighted by atomic mass is 10.1. The molecule has 0 atom stereocenters. The van der Waals surface area contributed by atoms with Crippen LogP contribution in [-0.4, -0.2) is 5.71 Å². The van der Waals surface area contributed by atoms with Crippen molar-refractivity contribution in [2.75, 3.05) is 0 Å². The van der Waals surface area contributed by atoms with Crippen LogP contribution in [0.15, 0.2) is 37.7 Å². The number of hydrogen-bond acceptors (Lipinski definition) is 3. The monoisotopic (exact) mass is 308 g/mol. The molecule has 0 aromatic rings. The molecule has 0 aromatic carbocycles. The normalized spacial score (nSPS) is 20.9. The third-order valence-corrected chi connectivity index (χ3v) is 2.99. The van der Waals surface area contributed by atoms with Crippen molar-refractivity contribution in [3.63, 3.8) is 0 Å². The lowest BCUT2D eigenvalue weighted by Gasteiger charge is -2.11. The van der Waals surface area contributed by atoms with E-state index in [1.165, 1.54) is 0 Å². The number of halogens is 2. The van der Waals surface area contributed by atoms with E-state index < -0.39 is 0 Å². The zero-order chi connectivity index (χ0) is 9.14. The van der Waals surface area contributed by atoms with Crippen LogP contribution < -0.4 is 5.14 Å². The van der Waals surface area contributed by atoms with E-state index >= 15 is 0 Å². The summed E-state index contributed by atoms with van der Waals surface area (Å²) >= 11 is 7.64. The van der Waals surface area contributed by atoms with Gasteiger partial charge in [-0.3, -0.25) is 5.14 Å². The van der Waals surface area contributed by atoms with Crippen molar-refractivity contribution in [3.8, 4) is 0 Å². The molecule has 0 aromatic heterocycles. The fraction of sp³-hybridized carbons (Fsp3) is 0. The van der Waals surface area contributed by atoms with Gasteiger partial charge in [0.05, 0.1) is 17.8 Å². The topological polar surface area (TPSA) is 38.4 Å². The van der Waals surface area contributed by atoms with Gasteiger partial charge >= 0.3 is 0 Å². The molecule has 2 N–H and O–H groups in total. The van der Waals surface area contributed by atoms with Crippen LogP contribution in [0.5, 0.6) is 0 Å². The van der Waals surface area contributed by atoms with Crippen molar-refractivity contribution >= 4 is 49.7 Å². The molecule has 0 heterocycles. The van der Waals surface area contributed by atoms with Crippen LogP contribution in [-0.2, 0) is 0 Å². The molecular weight excluding hydrogens is 304 g/mol. The Kier molecular flexibility index (Phi) is 3.77. The maximum Gasteiger partial charge on any atom is 0.0947 e. The first kappa shape index (κ1) is 10.2. The van der Waals surface area contributed by atoms with E-state index in [1.807, 2.05) is 12.2 Å². The minimum Gasteiger partial charge on any atom is -0.258 e. The highest BCUT2D eigenvalue weighted by molar-refractivity contribution is 9.12. The van der Waals surface area contributed by atoms with Gasteiger partial charge in [0.1, 0.15) is 0 Å². The standard InChI is InChI=1S/C7H6Br2N2S/c1-4-5(8)2-3-6(9)7(4)11-12-10/h2-3H,1,10H2. The Labute approximate surface area is 92.2 Å². The van der Waals surface area contributed by atoms with Gasteiger partial charge < -0.3 is 0 Å². The molecule has 0 fully saturated rings. The second-order valence-corrected chi connectivity index (χ2v) is 4.16. The van der Waals surface area contributed by atoms with Crippen molar-refractivity contribution < 1.29 is 0 Å². The predicted molar refractivity (Wildman–Crippen MR) is 62.4 cm³/mol. The molecule has 5 heteroatoms. The van der Waals surface area contributed by atoms with Gasteiger partial charge in [0.15, 0.2) is 0 Å². The molecule has 1 aliphatic carbocycles. The largest absolute Gasteiger partial charge is 0.258 e. The zero-order valence-electron chi connectivity index (χ0n) is 6.05. The molecule has 0 bridgehead atoms. The van der Waals surface area contributed by atoms with Crippen molar-refractivity contribution in [2.24, 2.45) is 9.54 Å². The number of rotatable bonds is 1. The summed E-state index contributed by atoms with van der Waals surface area (Å²) in [5, 5.41) is 5.23. The van der Waals surface area contributed by atoms with Crippen LogP contribution in [0.3, 0.4) is 0 Å². The van der Waals surface area contributed by atoms with Gasteiger partial charge in [-0.25, -0.2) is 0 Å². The quantitative estimate of drug-likeness (QED) is 0.756. The Morgan fingerprint density at radius 2 is 1.92 bits per heavy atom. The van der Waals surface area contributed by atoms with E-state index in [0.717, 1.165) is 32.4 Å². The average Bonchev–Trinajstić information content (AvgIpc) is 2.06. The molecule has 12 heavy (non-hydrogen) atoms. The first-order chi connectivity index (χ1) is 5.66. The van der Waals surface area contributed by atoms with Crippen molar-refractivity contribution in [1.82, 2.24) is 0 Å². The molecule has 0 amide bonds. The van der Waals surface area contributed by atoms with E-state index in [1.54, 1.807) is 0 Å². The van der Waals surface area contributed by atoms with Gasteiger partial charge in [-0.15, -0.1) is 0 Å². The van der Waals surface area contributed by atoms with Crippen LogP contribution in [0.25, 0.3) is 0 Å². The molecule has 0 spiro atoms. The van der Waals surface area contributed by atoms with Gasteiger partial charge in [-0.2, -0.15) is 4.40 Å². The molecule has 0 saturated carbocycles. The Balaban J connectivity index is 3.06. The summed E-state index contributed by atoms with van der Waals surface area (Å²) in [5.74, 6) is 0. The number of nitrogens with zero attached hydrogens (tertiary/aromatic N) is 1. The van der Waals surface area contributed by atoms with Crippen molar-refractivity contribution in [2.45, 2.75) is 0 Å². The van der Waals surface area contributed by atoms with Crippen LogP contribution >= 0.6 is 44.0 Å². The maximum absolute atomic E-state index is 5.23. The van der Waals surface area contributed by atoms with Gasteiger partial charge in [-0.1, -0.05) is 22.5 Å². The molecule has 0 aliphatic heterocycles. The molecule has 2 nitrogen and oxygen atoms in total. The van der Waals surface area contributed by atoms with E-state index in [9.17, 15) is 0 Å². The lowest BCUT2D eigenvalue weighted by Crippen LogP contribution is -2.05. The molecule has 0 radical (unpaired) electrons. The summed E-state index contributed by atoms with van der Waals surface area (Å²) in [7, 11) is 0. The third kappa shape index (κ3) is 2.10. The summed E-state index contributed by atoms with van der Waals surface area (Å²) in [6.07, 6.45) is 3.81. The summed E-state index contributed by atoms with van der Waals surface area (Å²) in [4.78, 5) is 0. The van der Waals surface area contributed by atoms with E-state index in [4.69, 9.17) is 5.14 Å². The number of hydrogen-bond donors (Lipinski definition) is 1. The summed E-state index contributed by atoms with van der Waals surface area (Å²) in [6.45, 7) is 3.86. The van der Waals surface area contributed by atoms with Gasteiger partial charge in [0, 0.05) is 14.5 Å². The number of nitrogens with two attached hydrogens (primary N) is 1. The molecule has 64 valence electrons. The minimum atomic E-state index is 0.775. The van der Waals surface area contributed by atoms with E-state index in [-0.39, 0.29) is 0 Å². The van der Waals surface area contributed by atoms with Crippen molar-refractivity contribution in [3.05, 3.63) is 33.3 Å². The lowest BCUT2D eigenvalue weighted by molar-refractivity contribution is 1.67. The first-order valence-corrected chi connectivity index (χ1v) is 5.46. The van der Waals surface area contributed by atoms with Crippen LogP contribution in [0.4, 0.5) is 0 Å². The molecule has 0 saturated heterocycles. The predicted octanol–water partition coefficient (Wildman–Crippen LogP) is 3.08. The Morgan fingerprint density at radius 1 is 1.33 bits per heavy atom. The van der Waals surface area contributed by atoms with Crippen molar-refractivity contribution in [1.29, 1.82) is 0 Å². The Bertz CT molecular complexity index is 301. The third-order valence-electron chi connectivity index (χ3n) is 1.32. The molecule has 1 aliphatic rings. The van der Waals surface area contributed by atoms with E-state index in [0.29, 0.717) is 0 Å². The average molecular weight is 310 g/mol. The highest BCUT2D eigenvalue weighted by Crippen LogP contribution is 2.28. The minimum absolute atomic E-state index is 0.775. The smallest absolute Gasteiger partial charge is 0.0947 e. The summed E-state index contributed by atoms with van der Waals surface area (Å²) in [6, 6.07) is 0. The van der Waals surface area contributed by atoms with Gasteiger partial charge in [0.2, 0.25) is 0 Å². The Morgan fingerprint density at radius 3 is 2.50 bits per heavy atom. The molecule has 1 rings (SSSR count). The fourth-order valence-electron chi connectivity index (χ4n) is 0.735. The maximum atomic E-state index is 5.23. The molecular formula is C7H6Br2N2S. The van der Waals surface area contributed by atoms with Gasteiger partial charge in [0.25, 0.3) is 0 Å². The molecule has 0 unspecified atom stereocenters. The van der Waals surface area contributed by atoms with Crippen LogP contribution in [0, 0.1) is 0 Å². The first-order valence-electron chi connectivity index (χ1n) is 3.03. The van der Waals surface area contributed by atoms with E-state index in [2.05, 4.69) is 42.8 Å². The summed E-state index contributed by atoms with van der Waals surface area (Å²) < 4.78 is 5.85. The van der Waals surface area contributed by atoms with Crippen LogP contribution in [0.1, 0.15) is 0 Å². The SMILES string of the molecule is C=C1C(Br)=CC=C(Br)C1=NSN. The second kappa shape index (κ2) is 4.41.